The largest absolute Gasteiger partial charge is 0.298 e. The van der Waals surface area contributed by atoms with Gasteiger partial charge in [-0.15, -0.1) is 24.2 Å². The van der Waals surface area contributed by atoms with Gasteiger partial charge in [0, 0.05) is 9.37 Å². The molecule has 0 aliphatic rings. The Morgan fingerprint density at radius 3 is 2.69 bits per heavy atom. The zero-order valence-electron chi connectivity index (χ0n) is 6.92. The summed E-state index contributed by atoms with van der Waals surface area (Å²) in [5.41, 5.74) is 0.751. The number of carbonyl (C=O) groups excluding carboxylic acids is 1. The van der Waals surface area contributed by atoms with Crippen molar-refractivity contribution in [3.05, 3.63) is 28.2 Å². The molecule has 1 rings (SSSR count). The van der Waals surface area contributed by atoms with E-state index in [-0.39, 0.29) is 5.78 Å². The molecular weight excluding hydrogens is 272 g/mol. The lowest BCUT2D eigenvalue weighted by molar-refractivity contribution is -0.116. The van der Waals surface area contributed by atoms with Crippen LogP contribution < -0.4 is 0 Å². The van der Waals surface area contributed by atoms with E-state index in [2.05, 4.69) is 28.6 Å². The van der Waals surface area contributed by atoms with Gasteiger partial charge in [-0.1, -0.05) is 22.0 Å². The summed E-state index contributed by atoms with van der Waals surface area (Å²) in [5.74, 6) is -0.0701. The number of ketones is 1. The van der Waals surface area contributed by atoms with Crippen molar-refractivity contribution in [1.29, 1.82) is 0 Å². The minimum atomic E-state index is -0.597. The maximum absolute atomic E-state index is 11.0. The van der Waals surface area contributed by atoms with Crippen LogP contribution in [-0.4, -0.2) is 5.78 Å². The van der Waals surface area contributed by atoms with Crippen molar-refractivity contribution in [2.24, 2.45) is 0 Å². The zero-order chi connectivity index (χ0) is 10.0. The van der Waals surface area contributed by atoms with Gasteiger partial charge in [0.05, 0.1) is 0 Å². The fourth-order valence-electron chi connectivity index (χ4n) is 0.950. The number of thiol groups is 1. The number of halogens is 2. The summed E-state index contributed by atoms with van der Waals surface area (Å²) < 4.78 is 0.925. The summed E-state index contributed by atoms with van der Waals surface area (Å²) in [6, 6.07) is 5.45. The first kappa shape index (κ1) is 11.1. The summed E-state index contributed by atoms with van der Waals surface area (Å²) in [6.45, 7) is 1.47. The first-order chi connectivity index (χ1) is 6.02. The van der Waals surface area contributed by atoms with Gasteiger partial charge in [0.1, 0.15) is 5.38 Å². The molecule has 0 heterocycles. The molecule has 1 aromatic carbocycles. The van der Waals surface area contributed by atoms with Crippen LogP contribution in [0.3, 0.4) is 0 Å². The molecule has 13 heavy (non-hydrogen) atoms. The Morgan fingerprint density at radius 1 is 1.62 bits per heavy atom. The van der Waals surface area contributed by atoms with E-state index in [1.807, 2.05) is 12.1 Å². The van der Waals surface area contributed by atoms with Crippen LogP contribution in [0.4, 0.5) is 0 Å². The lowest BCUT2D eigenvalue weighted by Crippen LogP contribution is -2.02. The molecule has 0 bridgehead atoms. The van der Waals surface area contributed by atoms with E-state index in [0.29, 0.717) is 0 Å². The molecule has 1 unspecified atom stereocenters. The summed E-state index contributed by atoms with van der Waals surface area (Å²) in [5, 5.41) is -0.597. The minimum Gasteiger partial charge on any atom is -0.298 e. The summed E-state index contributed by atoms with van der Waals surface area (Å²) in [4.78, 5) is 11.7. The highest BCUT2D eigenvalue weighted by Gasteiger charge is 2.15. The minimum absolute atomic E-state index is 0.0701. The SMILES string of the molecule is CC(=O)C(Cl)c1ccc(Br)cc1S. The molecule has 1 aromatic rings. The molecule has 1 atom stereocenters. The van der Waals surface area contributed by atoms with Crippen LogP contribution in [-0.2, 0) is 4.79 Å². The van der Waals surface area contributed by atoms with Crippen molar-refractivity contribution in [1.82, 2.24) is 0 Å². The number of hydrogen-bond acceptors (Lipinski definition) is 2. The van der Waals surface area contributed by atoms with Crippen molar-refractivity contribution >= 4 is 45.9 Å². The average molecular weight is 280 g/mol. The quantitative estimate of drug-likeness (QED) is 0.646. The number of alkyl halides is 1. The summed E-state index contributed by atoms with van der Waals surface area (Å²) in [7, 11) is 0. The highest BCUT2D eigenvalue weighted by atomic mass is 79.9. The monoisotopic (exact) mass is 278 g/mol. The average Bonchev–Trinajstić information content (AvgIpc) is 2.03. The lowest BCUT2D eigenvalue weighted by Gasteiger charge is -2.08. The Morgan fingerprint density at radius 2 is 2.23 bits per heavy atom. The lowest BCUT2D eigenvalue weighted by atomic mass is 10.1. The Balaban J connectivity index is 3.08. The van der Waals surface area contributed by atoms with Crippen LogP contribution >= 0.6 is 40.2 Å². The van der Waals surface area contributed by atoms with Gasteiger partial charge in [0.25, 0.3) is 0 Å². The standard InChI is InChI=1S/C9H8BrClOS/c1-5(12)9(11)7-3-2-6(10)4-8(7)13/h2-4,9,13H,1H3. The molecule has 0 aromatic heterocycles. The van der Waals surface area contributed by atoms with E-state index in [1.165, 1.54) is 6.92 Å². The molecule has 0 amide bonds. The Bertz CT molecular complexity index is 340. The highest BCUT2D eigenvalue weighted by Crippen LogP contribution is 2.29. The van der Waals surface area contributed by atoms with E-state index in [9.17, 15) is 4.79 Å². The molecule has 0 radical (unpaired) electrons. The second-order valence-electron chi connectivity index (χ2n) is 2.68. The first-order valence-electron chi connectivity index (χ1n) is 3.65. The van der Waals surface area contributed by atoms with Crippen LogP contribution in [0, 0.1) is 0 Å². The van der Waals surface area contributed by atoms with Gasteiger partial charge in [-0.2, -0.15) is 0 Å². The van der Waals surface area contributed by atoms with Crippen molar-refractivity contribution in [3.8, 4) is 0 Å². The number of Topliss-reactive ketones (excluding diaryl/α,β-unsaturated/α-hetero) is 1. The number of hydrogen-bond donors (Lipinski definition) is 1. The molecule has 4 heteroatoms. The van der Waals surface area contributed by atoms with Crippen LogP contribution in [0.2, 0.25) is 0 Å². The fraction of sp³-hybridized carbons (Fsp3) is 0.222. The normalized spacial score (nSPS) is 12.6. The molecule has 0 N–H and O–H groups in total. The summed E-state index contributed by atoms with van der Waals surface area (Å²) >= 11 is 13.4. The highest BCUT2D eigenvalue weighted by molar-refractivity contribution is 9.10. The van der Waals surface area contributed by atoms with Gasteiger partial charge in [0.15, 0.2) is 5.78 Å². The maximum atomic E-state index is 11.0. The maximum Gasteiger partial charge on any atom is 0.152 e. The van der Waals surface area contributed by atoms with Crippen molar-refractivity contribution < 1.29 is 4.79 Å². The first-order valence-corrected chi connectivity index (χ1v) is 5.33. The van der Waals surface area contributed by atoms with Crippen molar-refractivity contribution in [3.63, 3.8) is 0 Å². The van der Waals surface area contributed by atoms with Crippen molar-refractivity contribution in [2.45, 2.75) is 17.2 Å². The predicted octanol–water partition coefficient (Wildman–Crippen LogP) is 3.61. The Hall–Kier alpha value is 0.01000. The van der Waals surface area contributed by atoms with Gasteiger partial charge >= 0.3 is 0 Å². The van der Waals surface area contributed by atoms with Crippen LogP contribution in [0.25, 0.3) is 0 Å². The van der Waals surface area contributed by atoms with Gasteiger partial charge in [0.2, 0.25) is 0 Å². The Kier molecular flexibility index (Phi) is 3.83. The predicted molar refractivity (Wildman–Crippen MR) is 60.7 cm³/mol. The second kappa shape index (κ2) is 4.49. The smallest absolute Gasteiger partial charge is 0.152 e. The third kappa shape index (κ3) is 2.73. The van der Waals surface area contributed by atoms with Gasteiger partial charge in [-0.3, -0.25) is 4.79 Å². The van der Waals surface area contributed by atoms with Crippen LogP contribution in [0.1, 0.15) is 17.9 Å². The number of benzene rings is 1. The van der Waals surface area contributed by atoms with E-state index < -0.39 is 5.38 Å². The fourth-order valence-corrected chi connectivity index (χ4v) is 2.10. The number of carbonyl (C=O) groups is 1. The van der Waals surface area contributed by atoms with Crippen LogP contribution in [0.5, 0.6) is 0 Å². The third-order valence-corrected chi connectivity index (χ3v) is 3.05. The molecule has 0 spiro atoms. The topological polar surface area (TPSA) is 17.1 Å². The van der Waals surface area contributed by atoms with E-state index in [1.54, 1.807) is 6.07 Å². The van der Waals surface area contributed by atoms with Gasteiger partial charge in [-0.25, -0.2) is 0 Å². The van der Waals surface area contributed by atoms with E-state index in [4.69, 9.17) is 11.6 Å². The molecule has 0 saturated heterocycles. The Labute approximate surface area is 96.0 Å². The number of rotatable bonds is 2. The van der Waals surface area contributed by atoms with Crippen molar-refractivity contribution in [2.75, 3.05) is 0 Å². The van der Waals surface area contributed by atoms with Gasteiger partial charge in [-0.05, 0) is 24.6 Å². The molecule has 70 valence electrons. The zero-order valence-corrected chi connectivity index (χ0v) is 10.2. The molecular formula is C9H8BrClOS. The molecule has 0 saturated carbocycles. The third-order valence-electron chi connectivity index (χ3n) is 1.62. The molecule has 0 aliphatic carbocycles. The van der Waals surface area contributed by atoms with E-state index in [0.717, 1.165) is 14.9 Å². The molecule has 0 fully saturated rings. The molecule has 1 nitrogen and oxygen atoms in total. The van der Waals surface area contributed by atoms with E-state index >= 15 is 0 Å². The molecule has 0 aliphatic heterocycles. The summed E-state index contributed by atoms with van der Waals surface area (Å²) in [6.07, 6.45) is 0. The van der Waals surface area contributed by atoms with Crippen LogP contribution in [0.15, 0.2) is 27.6 Å². The second-order valence-corrected chi connectivity index (χ2v) is 4.51. The van der Waals surface area contributed by atoms with Gasteiger partial charge < -0.3 is 0 Å².